The zero-order valence-electron chi connectivity index (χ0n) is 12.3. The molecule has 3 nitrogen and oxygen atoms in total. The summed E-state index contributed by atoms with van der Waals surface area (Å²) < 4.78 is 25.1. The summed E-state index contributed by atoms with van der Waals surface area (Å²) in [5.74, 6) is -0.120. The Kier molecular flexibility index (Phi) is 4.40. The van der Waals surface area contributed by atoms with Crippen LogP contribution in [-0.4, -0.2) is 21.7 Å². The number of ether oxygens (including phenoxy) is 1. The highest BCUT2D eigenvalue weighted by Crippen LogP contribution is 2.39. The molecule has 0 saturated heterocycles. The van der Waals surface area contributed by atoms with E-state index in [-0.39, 0.29) is 16.4 Å². The first-order valence-electron chi connectivity index (χ1n) is 6.14. The Bertz CT molecular complexity index is 478. The van der Waals surface area contributed by atoms with Crippen molar-refractivity contribution in [2.45, 2.75) is 38.9 Å². The fraction of sp³-hybridized carbons (Fsp3) is 0.500. The maximum atomic E-state index is 14.1. The van der Waals surface area contributed by atoms with Crippen LogP contribution in [0.4, 0.5) is 4.39 Å². The summed E-state index contributed by atoms with van der Waals surface area (Å²) >= 11 is 0. The van der Waals surface area contributed by atoms with E-state index >= 15 is 0 Å². The van der Waals surface area contributed by atoms with Gasteiger partial charge in [-0.15, -0.1) is 0 Å². The van der Waals surface area contributed by atoms with Crippen LogP contribution in [0.15, 0.2) is 12.1 Å². The quantitative estimate of drug-likeness (QED) is 0.618. The summed E-state index contributed by atoms with van der Waals surface area (Å²) in [6.45, 7) is 10.2. The Labute approximate surface area is 114 Å². The molecule has 0 spiro atoms. The van der Waals surface area contributed by atoms with Gasteiger partial charge < -0.3 is 9.16 Å². The van der Waals surface area contributed by atoms with Gasteiger partial charge in [-0.25, -0.2) is 4.39 Å². The number of carbonyl (C=O) groups is 1. The van der Waals surface area contributed by atoms with E-state index in [1.54, 1.807) is 0 Å². The lowest BCUT2D eigenvalue weighted by Gasteiger charge is -2.36. The maximum absolute atomic E-state index is 14.1. The molecule has 0 N–H and O–H groups in total. The van der Waals surface area contributed by atoms with Crippen molar-refractivity contribution in [2.24, 2.45) is 0 Å². The molecule has 0 aliphatic rings. The van der Waals surface area contributed by atoms with Crippen molar-refractivity contribution in [1.29, 1.82) is 0 Å². The summed E-state index contributed by atoms with van der Waals surface area (Å²) in [5, 5.41) is -0.0517. The monoisotopic (exact) mass is 284 g/mol. The lowest BCUT2D eigenvalue weighted by molar-refractivity contribution is 0.111. The minimum absolute atomic E-state index is 0.0481. The Balaban J connectivity index is 3.24. The number of hydrogen-bond acceptors (Lipinski definition) is 3. The number of hydrogen-bond donors (Lipinski definition) is 0. The SMILES string of the molecule is COc1cc(C=O)c(F)c(O[Si](C)(C)C(C)(C)C)c1. The zero-order valence-corrected chi connectivity index (χ0v) is 13.3. The Morgan fingerprint density at radius 3 is 2.26 bits per heavy atom. The molecule has 0 amide bonds. The summed E-state index contributed by atoms with van der Waals surface area (Å²) in [6.07, 6.45) is 0.469. The van der Waals surface area contributed by atoms with Gasteiger partial charge >= 0.3 is 0 Å². The van der Waals surface area contributed by atoms with Crippen molar-refractivity contribution < 1.29 is 18.3 Å². The third kappa shape index (κ3) is 3.35. The van der Waals surface area contributed by atoms with E-state index in [1.807, 2.05) is 13.1 Å². The molecule has 1 aromatic rings. The van der Waals surface area contributed by atoms with Crippen molar-refractivity contribution in [2.75, 3.05) is 7.11 Å². The van der Waals surface area contributed by atoms with E-state index in [4.69, 9.17) is 9.16 Å². The van der Waals surface area contributed by atoms with Crippen LogP contribution in [0.3, 0.4) is 0 Å². The molecule has 0 fully saturated rings. The number of methoxy groups -OCH3 is 1. The van der Waals surface area contributed by atoms with Crippen molar-refractivity contribution in [3.05, 3.63) is 23.5 Å². The summed E-state index contributed by atoms with van der Waals surface area (Å²) in [5.41, 5.74) is -0.0481. The lowest BCUT2D eigenvalue weighted by atomic mass is 10.2. The van der Waals surface area contributed by atoms with E-state index in [2.05, 4.69) is 20.8 Å². The number of aldehydes is 1. The van der Waals surface area contributed by atoms with Crippen molar-refractivity contribution in [3.8, 4) is 11.5 Å². The second-order valence-corrected chi connectivity index (χ2v) is 10.7. The zero-order chi connectivity index (χ0) is 14.8. The van der Waals surface area contributed by atoms with Crippen molar-refractivity contribution in [3.63, 3.8) is 0 Å². The highest BCUT2D eigenvalue weighted by Gasteiger charge is 2.39. The van der Waals surface area contributed by atoms with Gasteiger partial charge in [0.05, 0.1) is 12.7 Å². The second kappa shape index (κ2) is 5.33. The molecule has 1 rings (SSSR count). The summed E-state index contributed by atoms with van der Waals surface area (Å²) in [4.78, 5) is 10.9. The minimum Gasteiger partial charge on any atom is -0.541 e. The maximum Gasteiger partial charge on any atom is 0.250 e. The molecule has 0 bridgehead atoms. The van der Waals surface area contributed by atoms with Crippen LogP contribution in [-0.2, 0) is 0 Å². The van der Waals surface area contributed by atoms with Gasteiger partial charge in [0.15, 0.2) is 12.1 Å². The normalized spacial score (nSPS) is 12.2. The van der Waals surface area contributed by atoms with Gasteiger partial charge in [-0.05, 0) is 24.2 Å². The van der Waals surface area contributed by atoms with Gasteiger partial charge in [0.1, 0.15) is 11.5 Å². The first-order valence-corrected chi connectivity index (χ1v) is 9.05. The Morgan fingerprint density at radius 2 is 1.84 bits per heavy atom. The number of carbonyl (C=O) groups excluding carboxylic acids is 1. The van der Waals surface area contributed by atoms with Crippen molar-refractivity contribution >= 4 is 14.6 Å². The Morgan fingerprint density at radius 1 is 1.26 bits per heavy atom. The molecule has 0 heterocycles. The van der Waals surface area contributed by atoms with E-state index in [1.165, 1.54) is 19.2 Å². The van der Waals surface area contributed by atoms with Crippen LogP contribution in [0.1, 0.15) is 31.1 Å². The van der Waals surface area contributed by atoms with Gasteiger partial charge in [-0.1, -0.05) is 20.8 Å². The number of benzene rings is 1. The first-order chi connectivity index (χ1) is 8.62. The molecule has 0 radical (unpaired) electrons. The van der Waals surface area contributed by atoms with Gasteiger partial charge in [-0.3, -0.25) is 4.79 Å². The molecule has 19 heavy (non-hydrogen) atoms. The largest absolute Gasteiger partial charge is 0.541 e. The molecule has 0 atom stereocenters. The fourth-order valence-electron chi connectivity index (χ4n) is 1.30. The molecule has 0 unspecified atom stereocenters. The third-order valence-electron chi connectivity index (χ3n) is 3.57. The molecule has 1 aromatic carbocycles. The molecule has 0 aromatic heterocycles. The fourth-order valence-corrected chi connectivity index (χ4v) is 2.30. The van der Waals surface area contributed by atoms with Crippen LogP contribution < -0.4 is 9.16 Å². The summed E-state index contributed by atoms with van der Waals surface area (Å²) in [6, 6.07) is 2.85. The van der Waals surface area contributed by atoms with Crippen LogP contribution in [0.2, 0.25) is 18.1 Å². The molecule has 0 aliphatic carbocycles. The molecule has 5 heteroatoms. The van der Waals surface area contributed by atoms with E-state index in [0.717, 1.165) is 0 Å². The van der Waals surface area contributed by atoms with Gasteiger partial charge in [-0.2, -0.15) is 0 Å². The van der Waals surface area contributed by atoms with Gasteiger partial charge in [0.25, 0.3) is 8.32 Å². The average Bonchev–Trinajstić information content (AvgIpc) is 2.30. The minimum atomic E-state index is -2.16. The van der Waals surface area contributed by atoms with Gasteiger partial charge in [0.2, 0.25) is 0 Å². The third-order valence-corrected chi connectivity index (χ3v) is 7.92. The molecular weight excluding hydrogens is 263 g/mol. The topological polar surface area (TPSA) is 35.5 Å². The average molecular weight is 284 g/mol. The number of rotatable bonds is 4. The van der Waals surface area contributed by atoms with Crippen LogP contribution >= 0.6 is 0 Å². The van der Waals surface area contributed by atoms with E-state index in [9.17, 15) is 9.18 Å². The molecular formula is C14H21FO3Si. The predicted octanol–water partition coefficient (Wildman–Crippen LogP) is 4.03. The van der Waals surface area contributed by atoms with Crippen molar-refractivity contribution in [1.82, 2.24) is 0 Å². The van der Waals surface area contributed by atoms with Crippen LogP contribution in [0.25, 0.3) is 0 Å². The standard InChI is InChI=1S/C14H21FO3Si/c1-14(2,3)19(5,6)18-12-8-11(17-4)7-10(9-16)13(12)15/h7-9H,1-6H3. The number of halogens is 1. The van der Waals surface area contributed by atoms with E-state index < -0.39 is 14.1 Å². The highest BCUT2D eigenvalue weighted by molar-refractivity contribution is 6.74. The smallest absolute Gasteiger partial charge is 0.250 e. The summed E-state index contributed by atoms with van der Waals surface area (Å²) in [7, 11) is -0.690. The first kappa shape index (κ1) is 15.7. The van der Waals surface area contributed by atoms with Crippen LogP contribution in [0.5, 0.6) is 11.5 Å². The van der Waals surface area contributed by atoms with E-state index in [0.29, 0.717) is 12.0 Å². The lowest BCUT2D eigenvalue weighted by Crippen LogP contribution is -2.44. The predicted molar refractivity (Wildman–Crippen MR) is 76.2 cm³/mol. The molecule has 106 valence electrons. The Hall–Kier alpha value is -1.36. The molecule has 0 aliphatic heterocycles. The molecule has 0 saturated carbocycles. The highest BCUT2D eigenvalue weighted by atomic mass is 28.4. The second-order valence-electron chi connectivity index (χ2n) is 6.01. The van der Waals surface area contributed by atoms with Crippen LogP contribution in [0, 0.1) is 5.82 Å². The van der Waals surface area contributed by atoms with Gasteiger partial charge in [0, 0.05) is 6.07 Å².